The summed E-state index contributed by atoms with van der Waals surface area (Å²) in [4.78, 5) is 16.3. The summed E-state index contributed by atoms with van der Waals surface area (Å²) >= 11 is 0. The first-order valence-electron chi connectivity index (χ1n) is 7.62. The van der Waals surface area contributed by atoms with Crippen molar-refractivity contribution < 1.29 is 14.6 Å². The van der Waals surface area contributed by atoms with Gasteiger partial charge in [0.1, 0.15) is 11.4 Å². The topological polar surface area (TPSA) is 77.2 Å². The van der Waals surface area contributed by atoms with Crippen LogP contribution in [0, 0.1) is 6.92 Å². The third kappa shape index (κ3) is 3.08. The van der Waals surface area contributed by atoms with E-state index in [1.165, 1.54) is 10.9 Å². The van der Waals surface area contributed by atoms with Gasteiger partial charge in [0.15, 0.2) is 0 Å². The predicted octanol–water partition coefficient (Wildman–Crippen LogP) is 3.90. The van der Waals surface area contributed by atoms with Crippen LogP contribution < -0.4 is 0 Å². The molecule has 6 nitrogen and oxygen atoms in total. The van der Waals surface area contributed by atoms with Gasteiger partial charge in [0, 0.05) is 17.1 Å². The lowest BCUT2D eigenvalue weighted by Crippen LogP contribution is -2.27. The van der Waals surface area contributed by atoms with Crippen molar-refractivity contribution in [1.29, 1.82) is 0 Å². The predicted molar refractivity (Wildman–Crippen MR) is 91.0 cm³/mol. The summed E-state index contributed by atoms with van der Waals surface area (Å²) in [5, 5.41) is 14.7. The Morgan fingerprint density at radius 3 is 2.58 bits per heavy atom. The molecule has 6 heteroatoms. The zero-order valence-corrected chi connectivity index (χ0v) is 14.1. The van der Waals surface area contributed by atoms with Crippen LogP contribution in [0.5, 0.6) is 5.75 Å². The molecule has 1 N–H and O–H groups in total. The van der Waals surface area contributed by atoms with Crippen molar-refractivity contribution in [3.63, 3.8) is 0 Å². The Balaban J connectivity index is 2.06. The minimum atomic E-state index is -0.587. The molecule has 3 aromatic rings. The van der Waals surface area contributed by atoms with Gasteiger partial charge in [-0.25, -0.2) is 4.79 Å². The van der Waals surface area contributed by atoms with Crippen molar-refractivity contribution in [3.05, 3.63) is 42.4 Å². The second-order valence-corrected chi connectivity index (χ2v) is 6.64. The average molecular weight is 325 g/mol. The third-order valence-corrected chi connectivity index (χ3v) is 3.49. The van der Waals surface area contributed by atoms with Crippen molar-refractivity contribution in [2.45, 2.75) is 33.3 Å². The lowest BCUT2D eigenvalue weighted by atomic mass is 10.0. The standard InChI is InChI=1S/C18H19N3O3/c1-11-15-8-12(13-7-14(22)10-19-9-13)5-6-16(15)21(20-11)17(23)24-18(2,3)4/h5-10,22H,1-4H3. The second kappa shape index (κ2) is 5.63. The summed E-state index contributed by atoms with van der Waals surface area (Å²) in [6.07, 6.45) is 2.55. The number of benzene rings is 1. The number of aromatic nitrogens is 3. The minimum absolute atomic E-state index is 0.105. The molecule has 0 bridgehead atoms. The van der Waals surface area contributed by atoms with Gasteiger partial charge in [0.2, 0.25) is 0 Å². The highest BCUT2D eigenvalue weighted by molar-refractivity contribution is 5.92. The van der Waals surface area contributed by atoms with E-state index in [0.717, 1.165) is 22.2 Å². The van der Waals surface area contributed by atoms with Crippen molar-refractivity contribution in [1.82, 2.24) is 14.8 Å². The zero-order valence-electron chi connectivity index (χ0n) is 14.1. The Morgan fingerprint density at radius 1 is 1.17 bits per heavy atom. The molecule has 0 spiro atoms. The maximum atomic E-state index is 12.3. The van der Waals surface area contributed by atoms with E-state index in [-0.39, 0.29) is 5.75 Å². The fraction of sp³-hybridized carbons (Fsp3) is 0.278. The molecule has 3 rings (SSSR count). The summed E-state index contributed by atoms with van der Waals surface area (Å²) < 4.78 is 6.67. The molecule has 24 heavy (non-hydrogen) atoms. The number of fused-ring (bicyclic) bond motifs is 1. The second-order valence-electron chi connectivity index (χ2n) is 6.64. The third-order valence-electron chi connectivity index (χ3n) is 3.49. The average Bonchev–Trinajstić information content (AvgIpc) is 2.82. The largest absolute Gasteiger partial charge is 0.506 e. The molecular formula is C18H19N3O3. The molecule has 0 atom stereocenters. The van der Waals surface area contributed by atoms with E-state index in [1.54, 1.807) is 12.3 Å². The van der Waals surface area contributed by atoms with Gasteiger partial charge in [-0.15, -0.1) is 0 Å². The highest BCUT2D eigenvalue weighted by Crippen LogP contribution is 2.28. The molecule has 1 aromatic carbocycles. The molecule has 0 aliphatic carbocycles. The molecule has 0 aliphatic heterocycles. The van der Waals surface area contributed by atoms with Crippen molar-refractivity contribution >= 4 is 17.0 Å². The normalized spacial score (nSPS) is 11.7. The molecule has 0 aliphatic rings. The van der Waals surface area contributed by atoms with E-state index in [2.05, 4.69) is 10.1 Å². The number of pyridine rings is 1. The Kier molecular flexibility index (Phi) is 3.75. The lowest BCUT2D eigenvalue weighted by Gasteiger charge is -2.19. The first-order valence-corrected chi connectivity index (χ1v) is 7.62. The van der Waals surface area contributed by atoms with Gasteiger partial charge in [-0.05, 0) is 51.5 Å². The lowest BCUT2D eigenvalue weighted by molar-refractivity contribution is 0.0522. The number of rotatable bonds is 1. The van der Waals surface area contributed by atoms with E-state index in [4.69, 9.17) is 4.74 Å². The number of hydrogen-bond donors (Lipinski definition) is 1. The maximum absolute atomic E-state index is 12.3. The molecule has 0 radical (unpaired) electrons. The van der Waals surface area contributed by atoms with Crippen molar-refractivity contribution in [3.8, 4) is 16.9 Å². The van der Waals surface area contributed by atoms with Crippen LogP contribution in [0.15, 0.2) is 36.7 Å². The molecule has 2 aromatic heterocycles. The molecule has 0 saturated heterocycles. The van der Waals surface area contributed by atoms with Crippen LogP contribution in [0.4, 0.5) is 4.79 Å². The molecule has 0 unspecified atom stereocenters. The molecule has 0 saturated carbocycles. The molecule has 0 fully saturated rings. The highest BCUT2D eigenvalue weighted by atomic mass is 16.6. The molecular weight excluding hydrogens is 306 g/mol. The molecule has 2 heterocycles. The van der Waals surface area contributed by atoms with Crippen LogP contribution in [0.25, 0.3) is 22.0 Å². The number of ether oxygens (including phenoxy) is 1. The fourth-order valence-electron chi connectivity index (χ4n) is 2.48. The van der Waals surface area contributed by atoms with E-state index >= 15 is 0 Å². The minimum Gasteiger partial charge on any atom is -0.506 e. The van der Waals surface area contributed by atoms with Crippen molar-refractivity contribution in [2.24, 2.45) is 0 Å². The Labute approximate surface area is 139 Å². The Morgan fingerprint density at radius 2 is 1.92 bits per heavy atom. The number of aryl methyl sites for hydroxylation is 1. The number of carbonyl (C=O) groups excluding carboxylic acids is 1. The quantitative estimate of drug-likeness (QED) is 0.734. The number of aromatic hydroxyl groups is 1. The van der Waals surface area contributed by atoms with Crippen LogP contribution in [-0.4, -0.2) is 31.6 Å². The summed E-state index contributed by atoms with van der Waals surface area (Å²) in [6.45, 7) is 7.29. The fourth-order valence-corrected chi connectivity index (χ4v) is 2.48. The summed E-state index contributed by atoms with van der Waals surface area (Å²) in [7, 11) is 0. The van der Waals surface area contributed by atoms with E-state index in [9.17, 15) is 9.90 Å². The van der Waals surface area contributed by atoms with Crippen LogP contribution in [0.3, 0.4) is 0 Å². The Hall–Kier alpha value is -2.89. The van der Waals surface area contributed by atoms with Gasteiger partial charge in [-0.3, -0.25) is 4.98 Å². The van der Waals surface area contributed by atoms with Gasteiger partial charge in [0.05, 0.1) is 17.4 Å². The number of carbonyl (C=O) groups is 1. The number of nitrogens with zero attached hydrogens (tertiary/aromatic N) is 3. The van der Waals surface area contributed by atoms with Crippen LogP contribution in [-0.2, 0) is 4.74 Å². The van der Waals surface area contributed by atoms with Crippen LogP contribution in [0.2, 0.25) is 0 Å². The van der Waals surface area contributed by atoms with Gasteiger partial charge < -0.3 is 9.84 Å². The van der Waals surface area contributed by atoms with Crippen LogP contribution >= 0.6 is 0 Å². The van der Waals surface area contributed by atoms with E-state index in [1.807, 2.05) is 45.9 Å². The van der Waals surface area contributed by atoms with E-state index < -0.39 is 11.7 Å². The first kappa shape index (κ1) is 16.0. The Bertz CT molecular complexity index is 923. The van der Waals surface area contributed by atoms with Crippen molar-refractivity contribution in [2.75, 3.05) is 0 Å². The zero-order chi connectivity index (χ0) is 17.5. The van der Waals surface area contributed by atoms with Gasteiger partial charge in [-0.1, -0.05) is 6.07 Å². The maximum Gasteiger partial charge on any atom is 0.435 e. The van der Waals surface area contributed by atoms with Gasteiger partial charge in [-0.2, -0.15) is 9.78 Å². The molecule has 0 amide bonds. The summed E-state index contributed by atoms with van der Waals surface area (Å²) in [5.41, 5.74) is 2.50. The number of hydrogen-bond acceptors (Lipinski definition) is 5. The molecule has 124 valence electrons. The first-order chi connectivity index (χ1) is 11.2. The smallest absolute Gasteiger partial charge is 0.435 e. The van der Waals surface area contributed by atoms with Gasteiger partial charge in [0.25, 0.3) is 0 Å². The van der Waals surface area contributed by atoms with E-state index in [0.29, 0.717) is 5.52 Å². The summed E-state index contributed by atoms with van der Waals surface area (Å²) in [5.74, 6) is 0.105. The summed E-state index contributed by atoms with van der Waals surface area (Å²) in [6, 6.07) is 7.25. The monoisotopic (exact) mass is 325 g/mol. The van der Waals surface area contributed by atoms with Crippen LogP contribution in [0.1, 0.15) is 26.5 Å². The SMILES string of the molecule is Cc1nn(C(=O)OC(C)(C)C)c2ccc(-c3cncc(O)c3)cc12. The highest BCUT2D eigenvalue weighted by Gasteiger charge is 2.21. The van der Waals surface area contributed by atoms with Gasteiger partial charge >= 0.3 is 6.09 Å².